The normalized spacial score (nSPS) is 11.6. The minimum Gasteiger partial charge on any atom is -0.488 e. The number of amides is 1. The summed E-state index contributed by atoms with van der Waals surface area (Å²) in [6, 6.07) is 5.42. The summed E-state index contributed by atoms with van der Waals surface area (Å²) in [5.74, 6) is -0.662. The molecule has 0 aliphatic carbocycles. The first kappa shape index (κ1) is 21.3. The Bertz CT molecular complexity index is 957. The number of nitro benzene ring substituents is 1. The van der Waals surface area contributed by atoms with E-state index in [1.165, 1.54) is 30.5 Å². The van der Waals surface area contributed by atoms with Crippen molar-refractivity contribution in [3.05, 3.63) is 62.1 Å². The second-order valence-corrected chi connectivity index (χ2v) is 7.53. The molecule has 2 N–H and O–H groups in total. The molecule has 0 fully saturated rings. The Morgan fingerprint density at radius 1 is 1.36 bits per heavy atom. The summed E-state index contributed by atoms with van der Waals surface area (Å²) in [6.07, 6.45) is 2.18. The van der Waals surface area contributed by atoms with E-state index in [0.717, 1.165) is 6.42 Å². The minimum atomic E-state index is -1.57. The predicted molar refractivity (Wildman–Crippen MR) is 106 cm³/mol. The number of aromatic amines is 1. The molecule has 28 heavy (non-hydrogen) atoms. The Kier molecular flexibility index (Phi) is 7.44. The van der Waals surface area contributed by atoms with Gasteiger partial charge in [-0.2, -0.15) is 0 Å². The number of hydrogen-bond donors (Lipinski definition) is 2. The summed E-state index contributed by atoms with van der Waals surface area (Å²) in [7, 11) is -1.57. The van der Waals surface area contributed by atoms with E-state index in [2.05, 4.69) is 10.3 Å². The van der Waals surface area contributed by atoms with Crippen molar-refractivity contribution < 1.29 is 18.7 Å². The van der Waals surface area contributed by atoms with E-state index in [1.54, 1.807) is 6.92 Å². The van der Waals surface area contributed by atoms with Gasteiger partial charge in [0.25, 0.3) is 5.69 Å². The minimum absolute atomic E-state index is 0.00929. The maximum absolute atomic E-state index is 12.2. The SMILES string of the molecule is CCCOc1c[nH]c(CS(=O)CC(=O)Nc2cc([N+](=O)[O-])ccc2C)cc1=O. The highest BCUT2D eigenvalue weighted by Gasteiger charge is 2.14. The molecular weight excluding hydrogens is 386 g/mol. The number of anilines is 1. The molecular formula is C18H21N3O6S. The first-order chi connectivity index (χ1) is 13.3. The number of carbonyl (C=O) groups excluding carboxylic acids is 1. The molecule has 0 saturated heterocycles. The molecule has 2 aromatic rings. The molecule has 10 heteroatoms. The first-order valence-corrected chi connectivity index (χ1v) is 10.0. The van der Waals surface area contributed by atoms with Gasteiger partial charge in [0.1, 0.15) is 5.75 Å². The van der Waals surface area contributed by atoms with Crippen molar-refractivity contribution in [1.82, 2.24) is 4.98 Å². The summed E-state index contributed by atoms with van der Waals surface area (Å²) in [6.45, 7) is 4.04. The predicted octanol–water partition coefficient (Wildman–Crippen LogP) is 2.27. The Morgan fingerprint density at radius 2 is 2.11 bits per heavy atom. The molecule has 1 aromatic carbocycles. The summed E-state index contributed by atoms with van der Waals surface area (Å²) in [4.78, 5) is 37.2. The van der Waals surface area contributed by atoms with Crippen molar-refractivity contribution >= 4 is 28.1 Å². The molecule has 0 bridgehead atoms. The molecule has 0 radical (unpaired) electrons. The Balaban J connectivity index is 1.97. The van der Waals surface area contributed by atoms with E-state index in [0.29, 0.717) is 23.6 Å². The Hall–Kier alpha value is -3.01. The van der Waals surface area contributed by atoms with Crippen LogP contribution in [-0.4, -0.2) is 32.4 Å². The number of nitrogens with one attached hydrogen (secondary N) is 2. The molecule has 1 aromatic heterocycles. The van der Waals surface area contributed by atoms with Gasteiger partial charge in [-0.25, -0.2) is 0 Å². The molecule has 0 aliphatic rings. The molecule has 0 saturated carbocycles. The van der Waals surface area contributed by atoms with Gasteiger partial charge in [0.2, 0.25) is 11.3 Å². The monoisotopic (exact) mass is 407 g/mol. The lowest BCUT2D eigenvalue weighted by Crippen LogP contribution is -2.21. The van der Waals surface area contributed by atoms with Crippen LogP contribution in [0, 0.1) is 17.0 Å². The number of benzene rings is 1. The summed E-state index contributed by atoms with van der Waals surface area (Å²) < 4.78 is 17.5. The highest BCUT2D eigenvalue weighted by molar-refractivity contribution is 7.84. The number of rotatable bonds is 9. The lowest BCUT2D eigenvalue weighted by Gasteiger charge is -2.09. The van der Waals surface area contributed by atoms with Crippen LogP contribution in [0.3, 0.4) is 0 Å². The van der Waals surface area contributed by atoms with Gasteiger partial charge in [0.05, 0.1) is 23.0 Å². The summed E-state index contributed by atoms with van der Waals surface area (Å²) in [5.41, 5.74) is 0.895. The van der Waals surface area contributed by atoms with Gasteiger partial charge in [0, 0.05) is 40.9 Å². The van der Waals surface area contributed by atoms with Crippen LogP contribution in [0.2, 0.25) is 0 Å². The van der Waals surface area contributed by atoms with E-state index in [9.17, 15) is 23.9 Å². The van der Waals surface area contributed by atoms with Crippen LogP contribution in [0.4, 0.5) is 11.4 Å². The Morgan fingerprint density at radius 3 is 2.75 bits per heavy atom. The fourth-order valence-electron chi connectivity index (χ4n) is 2.32. The average molecular weight is 407 g/mol. The zero-order valence-corrected chi connectivity index (χ0v) is 16.3. The summed E-state index contributed by atoms with van der Waals surface area (Å²) in [5, 5.41) is 13.4. The van der Waals surface area contributed by atoms with Crippen molar-refractivity contribution in [2.24, 2.45) is 0 Å². The third-order valence-corrected chi connectivity index (χ3v) is 4.93. The van der Waals surface area contributed by atoms with Crippen molar-refractivity contribution in [1.29, 1.82) is 0 Å². The van der Waals surface area contributed by atoms with Gasteiger partial charge in [0.15, 0.2) is 5.75 Å². The number of carbonyl (C=O) groups is 1. The number of H-pyrrole nitrogens is 1. The average Bonchev–Trinajstić information content (AvgIpc) is 2.62. The highest BCUT2D eigenvalue weighted by Crippen LogP contribution is 2.21. The molecule has 0 spiro atoms. The molecule has 150 valence electrons. The van der Waals surface area contributed by atoms with Crippen LogP contribution in [0.25, 0.3) is 0 Å². The largest absolute Gasteiger partial charge is 0.488 e. The van der Waals surface area contributed by atoms with Gasteiger partial charge in [-0.3, -0.25) is 23.9 Å². The first-order valence-electron chi connectivity index (χ1n) is 8.54. The van der Waals surface area contributed by atoms with Gasteiger partial charge >= 0.3 is 0 Å². The molecule has 1 atom stereocenters. The third-order valence-electron chi connectivity index (χ3n) is 3.71. The third kappa shape index (κ3) is 6.02. The number of ether oxygens (including phenoxy) is 1. The number of pyridine rings is 1. The van der Waals surface area contributed by atoms with Crippen LogP contribution in [0.15, 0.2) is 35.3 Å². The second kappa shape index (κ2) is 9.79. The number of nitrogens with zero attached hydrogens (tertiary/aromatic N) is 1. The van der Waals surface area contributed by atoms with E-state index in [4.69, 9.17) is 4.74 Å². The van der Waals surface area contributed by atoms with Gasteiger partial charge in [-0.15, -0.1) is 0 Å². The van der Waals surface area contributed by atoms with E-state index >= 15 is 0 Å². The van der Waals surface area contributed by atoms with Crippen LogP contribution < -0.4 is 15.5 Å². The smallest absolute Gasteiger partial charge is 0.271 e. The van der Waals surface area contributed by atoms with Crippen molar-refractivity contribution in [3.8, 4) is 5.75 Å². The molecule has 1 amide bonds. The topological polar surface area (TPSA) is 131 Å². The fraction of sp³-hybridized carbons (Fsp3) is 0.333. The highest BCUT2D eigenvalue weighted by atomic mass is 32.2. The van der Waals surface area contributed by atoms with Crippen molar-refractivity contribution in [2.45, 2.75) is 26.0 Å². The number of non-ortho nitro benzene ring substituents is 1. The van der Waals surface area contributed by atoms with E-state index < -0.39 is 21.6 Å². The molecule has 9 nitrogen and oxygen atoms in total. The van der Waals surface area contributed by atoms with Crippen LogP contribution in [-0.2, 0) is 21.3 Å². The molecule has 0 aliphatic heterocycles. The lowest BCUT2D eigenvalue weighted by atomic mass is 10.2. The number of aromatic nitrogens is 1. The van der Waals surface area contributed by atoms with Crippen LogP contribution >= 0.6 is 0 Å². The van der Waals surface area contributed by atoms with Crippen LogP contribution in [0.5, 0.6) is 5.75 Å². The maximum Gasteiger partial charge on any atom is 0.271 e. The number of hydrogen-bond acceptors (Lipinski definition) is 6. The van der Waals surface area contributed by atoms with Crippen molar-refractivity contribution in [2.75, 3.05) is 17.7 Å². The molecule has 1 unspecified atom stereocenters. The quantitative estimate of drug-likeness (QED) is 0.484. The zero-order valence-electron chi connectivity index (χ0n) is 15.5. The zero-order chi connectivity index (χ0) is 20.7. The molecule has 1 heterocycles. The van der Waals surface area contributed by atoms with Gasteiger partial charge < -0.3 is 15.0 Å². The maximum atomic E-state index is 12.2. The van der Waals surface area contributed by atoms with Gasteiger partial charge in [-0.1, -0.05) is 13.0 Å². The van der Waals surface area contributed by atoms with E-state index in [1.807, 2.05) is 6.92 Å². The number of aryl methyl sites for hydroxylation is 1. The Labute approximate surface area is 163 Å². The van der Waals surface area contributed by atoms with E-state index in [-0.39, 0.29) is 28.4 Å². The second-order valence-electron chi connectivity index (χ2n) is 6.07. The van der Waals surface area contributed by atoms with Gasteiger partial charge in [-0.05, 0) is 18.9 Å². The summed E-state index contributed by atoms with van der Waals surface area (Å²) >= 11 is 0. The standard InChI is InChI=1S/C18H21N3O6S/c1-3-6-27-17-9-19-13(7-16(17)22)10-28(26)11-18(23)20-15-8-14(21(24)25)5-4-12(15)2/h4-5,7-9H,3,6,10-11H2,1-2H3,(H,19,22)(H,20,23). The van der Waals surface area contributed by atoms with Crippen LogP contribution in [0.1, 0.15) is 24.6 Å². The number of nitro groups is 1. The molecule has 2 rings (SSSR count). The van der Waals surface area contributed by atoms with Crippen molar-refractivity contribution in [3.63, 3.8) is 0 Å². The fourth-order valence-corrected chi connectivity index (χ4v) is 3.30. The lowest BCUT2D eigenvalue weighted by molar-refractivity contribution is -0.384.